The molecule has 0 unspecified atom stereocenters. The van der Waals surface area contributed by atoms with Crippen LogP contribution in [0.5, 0.6) is 0 Å². The SMILES string of the molecule is CCc1ccc(N)cc1S(=O)(=O)N(C)CCSC. The fourth-order valence-corrected chi connectivity index (χ4v) is 3.68. The Kier molecular flexibility index (Phi) is 5.49. The number of aryl methyl sites for hydroxylation is 1. The fourth-order valence-electron chi connectivity index (χ4n) is 1.61. The Balaban J connectivity index is 3.14. The molecule has 0 aliphatic carbocycles. The van der Waals surface area contributed by atoms with Gasteiger partial charge in [-0.1, -0.05) is 13.0 Å². The monoisotopic (exact) mass is 288 g/mol. The van der Waals surface area contributed by atoms with Gasteiger partial charge < -0.3 is 5.73 Å². The van der Waals surface area contributed by atoms with E-state index in [1.54, 1.807) is 37.0 Å². The molecule has 0 radical (unpaired) electrons. The van der Waals surface area contributed by atoms with Crippen molar-refractivity contribution in [1.82, 2.24) is 4.31 Å². The largest absolute Gasteiger partial charge is 0.399 e. The summed E-state index contributed by atoms with van der Waals surface area (Å²) in [7, 11) is -1.83. The molecule has 0 aromatic heterocycles. The zero-order chi connectivity index (χ0) is 13.8. The Bertz CT molecular complexity index is 501. The van der Waals surface area contributed by atoms with Gasteiger partial charge in [-0.2, -0.15) is 11.8 Å². The average molecular weight is 288 g/mol. The number of rotatable bonds is 6. The second kappa shape index (κ2) is 6.45. The van der Waals surface area contributed by atoms with Gasteiger partial charge in [0.1, 0.15) is 0 Å². The summed E-state index contributed by atoms with van der Waals surface area (Å²) in [5.74, 6) is 0.777. The first-order chi connectivity index (χ1) is 8.43. The van der Waals surface area contributed by atoms with Crippen LogP contribution in [0.25, 0.3) is 0 Å². The van der Waals surface area contributed by atoms with Crippen LogP contribution in [-0.4, -0.2) is 38.3 Å². The summed E-state index contributed by atoms with van der Waals surface area (Å²) in [6.07, 6.45) is 2.63. The minimum absolute atomic E-state index is 0.327. The number of hydrogen-bond acceptors (Lipinski definition) is 4. The molecule has 0 saturated carbocycles. The molecule has 6 heteroatoms. The van der Waals surface area contributed by atoms with E-state index in [1.807, 2.05) is 13.2 Å². The Labute approximate surface area is 114 Å². The van der Waals surface area contributed by atoms with E-state index in [9.17, 15) is 8.42 Å². The molecule has 0 spiro atoms. The van der Waals surface area contributed by atoms with E-state index < -0.39 is 10.0 Å². The molecular weight excluding hydrogens is 268 g/mol. The first-order valence-corrected chi connectivity index (χ1v) is 8.60. The maximum Gasteiger partial charge on any atom is 0.243 e. The molecule has 0 amide bonds. The van der Waals surface area contributed by atoms with Crippen LogP contribution in [0.15, 0.2) is 23.1 Å². The number of nitrogens with zero attached hydrogens (tertiary/aromatic N) is 1. The highest BCUT2D eigenvalue weighted by molar-refractivity contribution is 7.98. The van der Waals surface area contributed by atoms with Crippen LogP contribution in [0, 0.1) is 0 Å². The Hall–Kier alpha value is -0.720. The molecule has 102 valence electrons. The molecule has 0 aliphatic heterocycles. The van der Waals surface area contributed by atoms with Crippen LogP contribution in [-0.2, 0) is 16.4 Å². The van der Waals surface area contributed by atoms with Crippen molar-refractivity contribution in [3.05, 3.63) is 23.8 Å². The third-order valence-corrected chi connectivity index (χ3v) is 5.30. The lowest BCUT2D eigenvalue weighted by Crippen LogP contribution is -2.29. The van der Waals surface area contributed by atoms with Crippen molar-refractivity contribution < 1.29 is 8.42 Å². The highest BCUT2D eigenvalue weighted by Gasteiger charge is 2.23. The van der Waals surface area contributed by atoms with E-state index in [2.05, 4.69) is 0 Å². The van der Waals surface area contributed by atoms with E-state index in [0.717, 1.165) is 11.3 Å². The summed E-state index contributed by atoms with van der Waals surface area (Å²) < 4.78 is 26.2. The van der Waals surface area contributed by atoms with Crippen molar-refractivity contribution in [2.24, 2.45) is 0 Å². The van der Waals surface area contributed by atoms with Crippen LogP contribution >= 0.6 is 11.8 Å². The summed E-state index contributed by atoms with van der Waals surface area (Å²) in [5, 5.41) is 0. The first kappa shape index (κ1) is 15.3. The smallest absolute Gasteiger partial charge is 0.243 e. The third-order valence-electron chi connectivity index (χ3n) is 2.77. The van der Waals surface area contributed by atoms with Crippen LogP contribution in [0.1, 0.15) is 12.5 Å². The summed E-state index contributed by atoms with van der Waals surface area (Å²) in [6, 6.07) is 5.06. The second-order valence-electron chi connectivity index (χ2n) is 4.04. The van der Waals surface area contributed by atoms with Crippen molar-refractivity contribution in [3.63, 3.8) is 0 Å². The second-order valence-corrected chi connectivity index (χ2v) is 7.04. The van der Waals surface area contributed by atoms with Crippen molar-refractivity contribution in [2.45, 2.75) is 18.2 Å². The molecule has 0 atom stereocenters. The molecule has 1 rings (SSSR count). The summed E-state index contributed by atoms with van der Waals surface area (Å²) >= 11 is 1.62. The Morgan fingerprint density at radius 3 is 2.61 bits per heavy atom. The minimum atomic E-state index is -3.44. The Morgan fingerprint density at radius 2 is 2.06 bits per heavy atom. The topological polar surface area (TPSA) is 63.4 Å². The lowest BCUT2D eigenvalue weighted by molar-refractivity contribution is 0.488. The predicted octanol–water partition coefficient (Wildman–Crippen LogP) is 1.81. The van der Waals surface area contributed by atoms with Gasteiger partial charge in [0, 0.05) is 25.0 Å². The van der Waals surface area contributed by atoms with Gasteiger partial charge in [0.2, 0.25) is 10.0 Å². The fraction of sp³-hybridized carbons (Fsp3) is 0.500. The summed E-state index contributed by atoms with van der Waals surface area (Å²) in [6.45, 7) is 2.44. The molecule has 4 nitrogen and oxygen atoms in total. The lowest BCUT2D eigenvalue weighted by Gasteiger charge is -2.19. The zero-order valence-electron chi connectivity index (χ0n) is 11.0. The summed E-state index contributed by atoms with van der Waals surface area (Å²) in [5.41, 5.74) is 6.97. The van der Waals surface area contributed by atoms with E-state index in [1.165, 1.54) is 4.31 Å². The van der Waals surface area contributed by atoms with Crippen molar-refractivity contribution in [2.75, 3.05) is 31.3 Å². The van der Waals surface area contributed by atoms with Gasteiger partial charge in [-0.05, 0) is 30.4 Å². The highest BCUT2D eigenvalue weighted by atomic mass is 32.2. The number of thioether (sulfide) groups is 1. The van der Waals surface area contributed by atoms with Gasteiger partial charge in [0.15, 0.2) is 0 Å². The van der Waals surface area contributed by atoms with Crippen molar-refractivity contribution in [1.29, 1.82) is 0 Å². The minimum Gasteiger partial charge on any atom is -0.399 e. The first-order valence-electron chi connectivity index (χ1n) is 5.77. The standard InChI is InChI=1S/C12H20N2O2S2/c1-4-10-5-6-11(13)9-12(10)18(15,16)14(2)7-8-17-3/h5-6,9H,4,7-8,13H2,1-3H3. The van der Waals surface area contributed by atoms with Gasteiger partial charge in [0.05, 0.1) is 4.90 Å². The van der Waals surface area contributed by atoms with Crippen LogP contribution in [0.3, 0.4) is 0 Å². The third kappa shape index (κ3) is 3.40. The van der Waals surface area contributed by atoms with Crippen LogP contribution in [0.2, 0.25) is 0 Å². The molecule has 18 heavy (non-hydrogen) atoms. The van der Waals surface area contributed by atoms with Gasteiger partial charge in [-0.3, -0.25) is 0 Å². The number of benzene rings is 1. The van der Waals surface area contributed by atoms with E-state index in [-0.39, 0.29) is 0 Å². The van der Waals surface area contributed by atoms with Gasteiger partial charge >= 0.3 is 0 Å². The molecule has 0 heterocycles. The quantitative estimate of drug-likeness (QED) is 0.811. The van der Waals surface area contributed by atoms with E-state index in [4.69, 9.17) is 5.73 Å². The molecule has 0 bridgehead atoms. The number of anilines is 1. The molecule has 2 N–H and O–H groups in total. The molecular formula is C12H20N2O2S2. The molecule has 0 aliphatic rings. The number of sulfonamides is 1. The van der Waals surface area contributed by atoms with E-state index >= 15 is 0 Å². The number of hydrogen-bond donors (Lipinski definition) is 1. The average Bonchev–Trinajstić information content (AvgIpc) is 2.35. The molecule has 1 aromatic rings. The molecule has 1 aromatic carbocycles. The normalized spacial score (nSPS) is 12.0. The Morgan fingerprint density at radius 1 is 1.39 bits per heavy atom. The maximum absolute atomic E-state index is 12.4. The van der Waals surface area contributed by atoms with Gasteiger partial charge in [-0.15, -0.1) is 0 Å². The van der Waals surface area contributed by atoms with Crippen molar-refractivity contribution in [3.8, 4) is 0 Å². The van der Waals surface area contributed by atoms with Crippen molar-refractivity contribution >= 4 is 27.5 Å². The summed E-state index contributed by atoms with van der Waals surface area (Å²) in [4.78, 5) is 0.327. The molecule has 0 fully saturated rings. The highest BCUT2D eigenvalue weighted by Crippen LogP contribution is 2.22. The maximum atomic E-state index is 12.4. The molecule has 0 saturated heterocycles. The number of nitrogen functional groups attached to an aromatic ring is 1. The van der Waals surface area contributed by atoms with Crippen LogP contribution < -0.4 is 5.73 Å². The van der Waals surface area contributed by atoms with Gasteiger partial charge in [0.25, 0.3) is 0 Å². The van der Waals surface area contributed by atoms with Gasteiger partial charge in [-0.25, -0.2) is 12.7 Å². The zero-order valence-corrected chi connectivity index (χ0v) is 12.6. The number of nitrogens with two attached hydrogens (primary N) is 1. The van der Waals surface area contributed by atoms with Crippen LogP contribution in [0.4, 0.5) is 5.69 Å². The van der Waals surface area contributed by atoms with E-state index in [0.29, 0.717) is 23.5 Å². The predicted molar refractivity (Wildman–Crippen MR) is 78.4 cm³/mol. The lowest BCUT2D eigenvalue weighted by atomic mass is 10.1.